The number of halogens is 1. The van der Waals surface area contributed by atoms with Crippen molar-refractivity contribution in [2.45, 2.75) is 55.4 Å². The Hall–Kier alpha value is -4.56. The first-order valence-electron chi connectivity index (χ1n) is 13.1. The van der Waals surface area contributed by atoms with Gasteiger partial charge < -0.3 is 9.67 Å². The summed E-state index contributed by atoms with van der Waals surface area (Å²) in [5, 5.41) is 19.9. The number of aromatic nitrogens is 3. The summed E-state index contributed by atoms with van der Waals surface area (Å²) in [7, 11) is -2.96. The standard InChI is InChI=1S/C30H29FN4O5S/c1-4-6-9-26-33-28(36)27(30(38)35(26)25(5-2)20-10-11-21(18-32)24(31)17-20)41(39,40)22-14-12-19(13-15-22)23-8-7-16-34(3)29(23)37/h7-8,10-17,25,36H,4-6,9H2,1-3H3/t25-/m0/s1. The number of nitrogens with zero attached hydrogens (tertiary/aromatic N) is 4. The van der Waals surface area contributed by atoms with E-state index in [0.717, 1.165) is 12.5 Å². The van der Waals surface area contributed by atoms with Crippen LogP contribution in [0.5, 0.6) is 5.88 Å². The minimum absolute atomic E-state index is 0.161. The Kier molecular flexibility index (Phi) is 8.54. The van der Waals surface area contributed by atoms with Gasteiger partial charge in [-0.25, -0.2) is 12.8 Å². The second kappa shape index (κ2) is 11.9. The van der Waals surface area contributed by atoms with E-state index in [1.165, 1.54) is 45.5 Å². The summed E-state index contributed by atoms with van der Waals surface area (Å²) in [4.78, 5) is 29.4. The summed E-state index contributed by atoms with van der Waals surface area (Å²) in [6, 6.07) is 13.7. The van der Waals surface area contributed by atoms with Gasteiger partial charge in [0.2, 0.25) is 15.7 Å². The molecule has 0 spiro atoms. The molecule has 0 saturated heterocycles. The number of aromatic hydroxyl groups is 1. The van der Waals surface area contributed by atoms with E-state index in [1.54, 1.807) is 38.4 Å². The van der Waals surface area contributed by atoms with Crippen molar-refractivity contribution in [3.8, 4) is 23.1 Å². The van der Waals surface area contributed by atoms with Gasteiger partial charge in [0, 0.05) is 25.2 Å². The Morgan fingerprint density at radius 3 is 2.39 bits per heavy atom. The fourth-order valence-electron chi connectivity index (χ4n) is 4.76. The van der Waals surface area contributed by atoms with E-state index in [0.29, 0.717) is 23.1 Å². The molecule has 2 heterocycles. The van der Waals surface area contributed by atoms with Gasteiger partial charge in [0.05, 0.1) is 16.5 Å². The number of hydrogen-bond donors (Lipinski definition) is 1. The number of sulfone groups is 1. The number of unbranched alkanes of at least 4 members (excludes halogenated alkanes) is 1. The molecule has 0 aliphatic rings. The first-order valence-corrected chi connectivity index (χ1v) is 14.6. The molecule has 0 unspecified atom stereocenters. The maximum absolute atomic E-state index is 14.5. The molecule has 0 saturated carbocycles. The van der Waals surface area contributed by atoms with Crippen LogP contribution in [-0.2, 0) is 23.3 Å². The molecule has 0 radical (unpaired) electrons. The van der Waals surface area contributed by atoms with Gasteiger partial charge in [-0.05, 0) is 60.4 Å². The summed E-state index contributed by atoms with van der Waals surface area (Å²) in [6.45, 7) is 3.69. The average molecular weight is 577 g/mol. The van der Waals surface area contributed by atoms with Crippen molar-refractivity contribution in [2.24, 2.45) is 7.05 Å². The largest absolute Gasteiger partial charge is 0.492 e. The van der Waals surface area contributed by atoms with Crippen molar-refractivity contribution in [3.63, 3.8) is 0 Å². The highest BCUT2D eigenvalue weighted by molar-refractivity contribution is 7.91. The molecule has 2 aromatic heterocycles. The molecule has 41 heavy (non-hydrogen) atoms. The average Bonchev–Trinajstić information content (AvgIpc) is 2.95. The molecule has 4 aromatic rings. The maximum atomic E-state index is 14.5. The van der Waals surface area contributed by atoms with Crippen LogP contribution in [0.3, 0.4) is 0 Å². The Labute approximate surface area is 236 Å². The molecule has 0 bridgehead atoms. The molecule has 1 N–H and O–H groups in total. The minimum atomic E-state index is -4.57. The van der Waals surface area contributed by atoms with Crippen LogP contribution in [0.25, 0.3) is 11.1 Å². The highest BCUT2D eigenvalue weighted by Crippen LogP contribution is 2.30. The van der Waals surface area contributed by atoms with Crippen LogP contribution in [0.2, 0.25) is 0 Å². The summed E-state index contributed by atoms with van der Waals surface area (Å²) in [6.07, 6.45) is 3.50. The zero-order chi connectivity index (χ0) is 29.9. The molecule has 0 aliphatic carbocycles. The number of nitriles is 1. The summed E-state index contributed by atoms with van der Waals surface area (Å²) >= 11 is 0. The lowest BCUT2D eigenvalue weighted by atomic mass is 10.0. The highest BCUT2D eigenvalue weighted by atomic mass is 32.2. The molecule has 1 atom stereocenters. The number of pyridine rings is 1. The molecule has 212 valence electrons. The van der Waals surface area contributed by atoms with Crippen LogP contribution in [-0.4, -0.2) is 27.6 Å². The van der Waals surface area contributed by atoms with E-state index in [1.807, 2.05) is 6.92 Å². The fraction of sp³-hybridized carbons (Fsp3) is 0.267. The van der Waals surface area contributed by atoms with Crippen molar-refractivity contribution < 1.29 is 17.9 Å². The smallest absolute Gasteiger partial charge is 0.277 e. The lowest BCUT2D eigenvalue weighted by molar-refractivity contribution is 0.406. The van der Waals surface area contributed by atoms with Crippen LogP contribution >= 0.6 is 0 Å². The topological polar surface area (TPSA) is 135 Å². The number of rotatable bonds is 9. The van der Waals surface area contributed by atoms with Crippen molar-refractivity contribution in [1.82, 2.24) is 14.1 Å². The monoisotopic (exact) mass is 576 g/mol. The van der Waals surface area contributed by atoms with Gasteiger partial charge >= 0.3 is 0 Å². The molecule has 0 amide bonds. The second-order valence-corrected chi connectivity index (χ2v) is 11.5. The fourth-order valence-corrected chi connectivity index (χ4v) is 6.11. The van der Waals surface area contributed by atoms with Crippen LogP contribution in [0, 0.1) is 17.1 Å². The lowest BCUT2D eigenvalue weighted by Crippen LogP contribution is -2.33. The number of hydrogen-bond acceptors (Lipinski definition) is 7. The third kappa shape index (κ3) is 5.56. The van der Waals surface area contributed by atoms with Crippen molar-refractivity contribution >= 4 is 9.84 Å². The third-order valence-electron chi connectivity index (χ3n) is 6.95. The Bertz CT molecular complexity index is 1870. The minimum Gasteiger partial charge on any atom is -0.492 e. The predicted octanol–water partition coefficient (Wildman–Crippen LogP) is 4.50. The van der Waals surface area contributed by atoms with Gasteiger partial charge in [-0.15, -0.1) is 0 Å². The first-order chi connectivity index (χ1) is 19.5. The summed E-state index contributed by atoms with van der Waals surface area (Å²) in [5.74, 6) is -1.51. The molecule has 0 aliphatic heterocycles. The molecular formula is C30H29FN4O5S. The Balaban J connectivity index is 1.88. The maximum Gasteiger partial charge on any atom is 0.277 e. The summed E-state index contributed by atoms with van der Waals surface area (Å²) in [5.41, 5.74) is -0.207. The predicted molar refractivity (Wildman–Crippen MR) is 151 cm³/mol. The van der Waals surface area contributed by atoms with Crippen molar-refractivity contribution in [2.75, 3.05) is 0 Å². The van der Waals surface area contributed by atoms with E-state index < -0.39 is 38.0 Å². The van der Waals surface area contributed by atoms with Crippen LogP contribution in [0.4, 0.5) is 4.39 Å². The van der Waals surface area contributed by atoms with Crippen LogP contribution in [0.15, 0.2) is 80.2 Å². The molecule has 9 nitrogen and oxygen atoms in total. The Morgan fingerprint density at radius 1 is 1.07 bits per heavy atom. The molecule has 0 fully saturated rings. The van der Waals surface area contributed by atoms with Crippen molar-refractivity contribution in [1.29, 1.82) is 5.26 Å². The second-order valence-electron chi connectivity index (χ2n) is 9.60. The molecule has 4 rings (SSSR count). The van der Waals surface area contributed by atoms with E-state index in [4.69, 9.17) is 5.26 Å². The number of benzene rings is 2. The summed E-state index contributed by atoms with van der Waals surface area (Å²) < 4.78 is 44.6. The first kappa shape index (κ1) is 29.4. The van der Waals surface area contributed by atoms with E-state index in [9.17, 15) is 27.5 Å². The van der Waals surface area contributed by atoms with E-state index in [2.05, 4.69) is 4.98 Å². The lowest BCUT2D eigenvalue weighted by Gasteiger charge is -2.23. The van der Waals surface area contributed by atoms with E-state index in [-0.39, 0.29) is 34.7 Å². The third-order valence-corrected chi connectivity index (χ3v) is 8.73. The SMILES string of the molecule is CCCCc1nc(O)c(S(=O)(=O)c2ccc(-c3cccn(C)c3=O)cc2)c(=O)n1[C@@H](CC)c1ccc(C#N)c(F)c1. The van der Waals surface area contributed by atoms with Gasteiger partial charge in [-0.1, -0.05) is 38.5 Å². The van der Waals surface area contributed by atoms with E-state index >= 15 is 0 Å². The normalized spacial score (nSPS) is 12.2. The quantitative estimate of drug-likeness (QED) is 0.310. The van der Waals surface area contributed by atoms with Crippen molar-refractivity contribution in [3.05, 3.63) is 104 Å². The number of aryl methyl sites for hydroxylation is 2. The van der Waals surface area contributed by atoms with Gasteiger partial charge in [-0.3, -0.25) is 14.2 Å². The molecular weight excluding hydrogens is 547 g/mol. The van der Waals surface area contributed by atoms with Crippen LogP contribution in [0.1, 0.15) is 56.1 Å². The zero-order valence-corrected chi connectivity index (χ0v) is 23.7. The van der Waals surface area contributed by atoms with Gasteiger partial charge in [0.25, 0.3) is 11.1 Å². The molecule has 11 heteroatoms. The highest BCUT2D eigenvalue weighted by Gasteiger charge is 2.31. The molecule has 2 aromatic carbocycles. The van der Waals surface area contributed by atoms with Gasteiger partial charge in [0.15, 0.2) is 4.90 Å². The van der Waals surface area contributed by atoms with Gasteiger partial charge in [-0.2, -0.15) is 10.2 Å². The Morgan fingerprint density at radius 2 is 1.78 bits per heavy atom. The van der Waals surface area contributed by atoms with Crippen LogP contribution < -0.4 is 11.1 Å². The zero-order valence-electron chi connectivity index (χ0n) is 22.8. The van der Waals surface area contributed by atoms with Gasteiger partial charge in [0.1, 0.15) is 17.7 Å².